The van der Waals surface area contributed by atoms with Gasteiger partial charge in [0.1, 0.15) is 5.54 Å². The molecule has 0 radical (unpaired) electrons. The van der Waals surface area contributed by atoms with E-state index in [-0.39, 0.29) is 18.1 Å². The number of nitrogens with one attached hydrogen (secondary N) is 2. The largest absolute Gasteiger partial charge is 0.480 e. The lowest BCUT2D eigenvalue weighted by Gasteiger charge is -2.25. The second-order valence-electron chi connectivity index (χ2n) is 4.71. The number of hydrogen-bond acceptors (Lipinski definition) is 4. The first kappa shape index (κ1) is 15.7. The van der Waals surface area contributed by atoms with Crippen molar-refractivity contribution in [1.29, 1.82) is 0 Å². The number of urea groups is 1. The van der Waals surface area contributed by atoms with E-state index < -0.39 is 27.4 Å². The monoisotopic (exact) mass is 292 g/mol. The lowest BCUT2D eigenvalue weighted by Crippen LogP contribution is -2.55. The van der Waals surface area contributed by atoms with Gasteiger partial charge in [-0.25, -0.2) is 18.0 Å². The van der Waals surface area contributed by atoms with Crippen LogP contribution in [0.4, 0.5) is 4.79 Å². The maximum atomic E-state index is 11.6. The molecule has 3 N–H and O–H groups in total. The highest BCUT2D eigenvalue weighted by Gasteiger charge is 2.42. The Hall–Kier alpha value is -1.31. The smallest absolute Gasteiger partial charge is 0.329 e. The van der Waals surface area contributed by atoms with Gasteiger partial charge in [-0.05, 0) is 12.8 Å². The molecule has 7 nitrogen and oxygen atoms in total. The van der Waals surface area contributed by atoms with Gasteiger partial charge in [0.15, 0.2) is 9.84 Å². The Morgan fingerprint density at radius 1 is 1.26 bits per heavy atom. The molecule has 110 valence electrons. The number of rotatable bonds is 6. The molecule has 1 saturated carbocycles. The van der Waals surface area contributed by atoms with Gasteiger partial charge in [0, 0.05) is 12.3 Å². The molecule has 0 spiro atoms. The van der Waals surface area contributed by atoms with E-state index in [2.05, 4.69) is 10.6 Å². The zero-order valence-corrected chi connectivity index (χ0v) is 11.8. The lowest BCUT2D eigenvalue weighted by atomic mass is 9.98. The van der Waals surface area contributed by atoms with Gasteiger partial charge < -0.3 is 15.7 Å². The van der Waals surface area contributed by atoms with Gasteiger partial charge in [-0.1, -0.05) is 19.8 Å². The van der Waals surface area contributed by atoms with Crippen molar-refractivity contribution >= 4 is 21.8 Å². The third kappa shape index (κ3) is 4.38. The highest BCUT2D eigenvalue weighted by Crippen LogP contribution is 2.29. The Bertz CT molecular complexity index is 440. The topological polar surface area (TPSA) is 113 Å². The van der Waals surface area contributed by atoms with Gasteiger partial charge >= 0.3 is 12.0 Å². The second kappa shape index (κ2) is 6.23. The molecule has 2 amide bonds. The number of sulfone groups is 1. The minimum absolute atomic E-state index is 0.0162. The minimum Gasteiger partial charge on any atom is -0.480 e. The van der Waals surface area contributed by atoms with Crippen molar-refractivity contribution in [2.75, 3.05) is 18.1 Å². The van der Waals surface area contributed by atoms with Crippen molar-refractivity contribution in [3.05, 3.63) is 0 Å². The molecule has 8 heteroatoms. The molecule has 1 fully saturated rings. The summed E-state index contributed by atoms with van der Waals surface area (Å²) in [6, 6.07) is -0.629. The molecule has 0 aromatic rings. The molecule has 0 bridgehead atoms. The van der Waals surface area contributed by atoms with Crippen LogP contribution in [-0.4, -0.2) is 49.1 Å². The van der Waals surface area contributed by atoms with Gasteiger partial charge in [-0.2, -0.15) is 0 Å². The van der Waals surface area contributed by atoms with Gasteiger partial charge in [-0.3, -0.25) is 0 Å². The first-order chi connectivity index (χ1) is 8.81. The SMILES string of the molecule is CCS(=O)(=O)CCNC(=O)NC1(C(=O)O)CCCC1. The standard InChI is InChI=1S/C11H20N2O5S/c1-2-19(17,18)8-7-12-10(16)13-11(9(14)15)5-3-4-6-11/h2-8H2,1H3,(H,14,15)(H2,12,13,16). The molecule has 0 heterocycles. The van der Waals surface area contributed by atoms with Crippen molar-refractivity contribution in [2.24, 2.45) is 0 Å². The Morgan fingerprint density at radius 2 is 1.84 bits per heavy atom. The number of carboxylic acid groups (broad SMARTS) is 1. The minimum atomic E-state index is -3.13. The summed E-state index contributed by atoms with van der Waals surface area (Å²) in [5.41, 5.74) is -1.20. The molecule has 0 aromatic heterocycles. The van der Waals surface area contributed by atoms with Crippen LogP contribution in [0.3, 0.4) is 0 Å². The molecule has 1 aliphatic carbocycles. The van der Waals surface area contributed by atoms with Crippen LogP contribution in [0.15, 0.2) is 0 Å². The molecular formula is C11H20N2O5S. The average Bonchev–Trinajstić information content (AvgIpc) is 2.78. The second-order valence-corrected chi connectivity index (χ2v) is 7.18. The zero-order chi connectivity index (χ0) is 14.5. The Morgan fingerprint density at radius 3 is 2.32 bits per heavy atom. The van der Waals surface area contributed by atoms with E-state index in [1.165, 1.54) is 6.92 Å². The predicted octanol–water partition coefficient (Wildman–Crippen LogP) is 0.118. The quantitative estimate of drug-likeness (QED) is 0.643. The van der Waals surface area contributed by atoms with Crippen LogP contribution in [0.5, 0.6) is 0 Å². The number of carbonyl (C=O) groups excluding carboxylic acids is 1. The highest BCUT2D eigenvalue weighted by atomic mass is 32.2. The summed E-state index contributed by atoms with van der Waals surface area (Å²) in [5.74, 6) is -1.16. The fourth-order valence-electron chi connectivity index (χ4n) is 2.10. The fourth-order valence-corrected chi connectivity index (χ4v) is 2.80. The first-order valence-corrected chi connectivity index (χ1v) is 8.13. The number of hydrogen-bond donors (Lipinski definition) is 3. The number of amides is 2. The molecular weight excluding hydrogens is 272 g/mol. The fraction of sp³-hybridized carbons (Fsp3) is 0.818. The van der Waals surface area contributed by atoms with Crippen LogP contribution in [-0.2, 0) is 14.6 Å². The molecule has 0 atom stereocenters. The summed E-state index contributed by atoms with van der Waals surface area (Å²) in [4.78, 5) is 22.8. The van der Waals surface area contributed by atoms with Crippen LogP contribution < -0.4 is 10.6 Å². The highest BCUT2D eigenvalue weighted by molar-refractivity contribution is 7.91. The van der Waals surface area contributed by atoms with E-state index in [9.17, 15) is 18.0 Å². The summed E-state index contributed by atoms with van der Waals surface area (Å²) in [7, 11) is -3.13. The third-order valence-corrected chi connectivity index (χ3v) is 5.06. The molecule has 0 aromatic carbocycles. The van der Waals surface area contributed by atoms with E-state index in [1.54, 1.807) is 0 Å². The lowest BCUT2D eigenvalue weighted by molar-refractivity contribution is -0.144. The van der Waals surface area contributed by atoms with Crippen molar-refractivity contribution in [3.63, 3.8) is 0 Å². The Kier molecular flexibility index (Phi) is 5.16. The maximum absolute atomic E-state index is 11.6. The van der Waals surface area contributed by atoms with Crippen LogP contribution in [0.25, 0.3) is 0 Å². The van der Waals surface area contributed by atoms with Gasteiger partial charge in [0.25, 0.3) is 0 Å². The zero-order valence-electron chi connectivity index (χ0n) is 10.9. The number of carboxylic acids is 1. The van der Waals surface area contributed by atoms with Crippen molar-refractivity contribution in [2.45, 2.75) is 38.1 Å². The molecule has 0 aliphatic heterocycles. The molecule has 1 aliphatic rings. The van der Waals surface area contributed by atoms with Crippen LogP contribution in [0.2, 0.25) is 0 Å². The van der Waals surface area contributed by atoms with E-state index in [4.69, 9.17) is 5.11 Å². The molecule has 1 rings (SSSR count). The normalized spacial score (nSPS) is 17.9. The summed E-state index contributed by atoms with van der Waals surface area (Å²) >= 11 is 0. The average molecular weight is 292 g/mol. The van der Waals surface area contributed by atoms with Crippen LogP contribution in [0, 0.1) is 0 Å². The Labute approximate surface area is 112 Å². The van der Waals surface area contributed by atoms with E-state index in [0.717, 1.165) is 12.8 Å². The van der Waals surface area contributed by atoms with Gasteiger partial charge in [0.05, 0.1) is 5.75 Å². The number of aliphatic carboxylic acids is 1. The third-order valence-electron chi connectivity index (χ3n) is 3.36. The predicted molar refractivity (Wildman–Crippen MR) is 69.7 cm³/mol. The summed E-state index contributed by atoms with van der Waals surface area (Å²) in [6.07, 6.45) is 2.33. The summed E-state index contributed by atoms with van der Waals surface area (Å²) in [6.45, 7) is 1.52. The van der Waals surface area contributed by atoms with Gasteiger partial charge in [-0.15, -0.1) is 0 Å². The van der Waals surface area contributed by atoms with Crippen molar-refractivity contribution in [3.8, 4) is 0 Å². The Balaban J connectivity index is 2.44. The van der Waals surface area contributed by atoms with E-state index >= 15 is 0 Å². The van der Waals surface area contributed by atoms with E-state index in [0.29, 0.717) is 12.8 Å². The summed E-state index contributed by atoms with van der Waals surface area (Å²) < 4.78 is 22.5. The molecule has 0 saturated heterocycles. The van der Waals surface area contributed by atoms with Crippen LogP contribution >= 0.6 is 0 Å². The van der Waals surface area contributed by atoms with E-state index in [1.807, 2.05) is 0 Å². The molecule has 19 heavy (non-hydrogen) atoms. The maximum Gasteiger partial charge on any atom is 0.329 e. The van der Waals surface area contributed by atoms with Crippen molar-refractivity contribution in [1.82, 2.24) is 10.6 Å². The number of carbonyl (C=O) groups is 2. The first-order valence-electron chi connectivity index (χ1n) is 6.31. The van der Waals surface area contributed by atoms with Gasteiger partial charge in [0.2, 0.25) is 0 Å². The van der Waals surface area contributed by atoms with Crippen LogP contribution in [0.1, 0.15) is 32.6 Å². The molecule has 0 unspecified atom stereocenters. The van der Waals surface area contributed by atoms with Crippen molar-refractivity contribution < 1.29 is 23.1 Å². The summed E-state index contributed by atoms with van der Waals surface area (Å²) in [5, 5.41) is 14.0.